The second-order valence-electron chi connectivity index (χ2n) is 3.81. The summed E-state index contributed by atoms with van der Waals surface area (Å²) in [6.07, 6.45) is 0.783. The summed E-state index contributed by atoms with van der Waals surface area (Å²) < 4.78 is 13.6. The largest absolute Gasteiger partial charge is 0.473 e. The molecule has 1 unspecified atom stereocenters. The van der Waals surface area contributed by atoms with Crippen molar-refractivity contribution in [1.82, 2.24) is 8.75 Å². The van der Waals surface area contributed by atoms with E-state index in [4.69, 9.17) is 27.9 Å². The number of ether oxygens (including phenoxy) is 1. The second-order valence-corrected chi connectivity index (χ2v) is 5.98. The molecule has 2 N–H and O–H groups in total. The van der Waals surface area contributed by atoms with Crippen LogP contribution in [0.25, 0.3) is 0 Å². The molecule has 9 heteroatoms. The third kappa shape index (κ3) is 4.20. The van der Waals surface area contributed by atoms with E-state index in [-0.39, 0.29) is 13.2 Å². The SMILES string of the molecule is OC(CNc1ccc(Br)c(Cl)c1Cl)COc1cnsn1. The summed E-state index contributed by atoms with van der Waals surface area (Å²) in [6, 6.07) is 3.55. The Morgan fingerprint density at radius 1 is 1.40 bits per heavy atom. The Kier molecular flexibility index (Phi) is 5.86. The number of nitrogens with zero attached hydrogens (tertiary/aromatic N) is 2. The van der Waals surface area contributed by atoms with Crippen LogP contribution < -0.4 is 10.1 Å². The topological polar surface area (TPSA) is 67.3 Å². The van der Waals surface area contributed by atoms with Gasteiger partial charge in [-0.3, -0.25) is 0 Å². The van der Waals surface area contributed by atoms with Gasteiger partial charge in [-0.05, 0) is 28.1 Å². The summed E-state index contributed by atoms with van der Waals surface area (Å²) in [6.45, 7) is 0.384. The Labute approximate surface area is 138 Å². The molecule has 2 rings (SSSR count). The number of halogens is 3. The highest BCUT2D eigenvalue weighted by atomic mass is 79.9. The summed E-state index contributed by atoms with van der Waals surface area (Å²) >= 11 is 16.4. The first kappa shape index (κ1) is 15.8. The molecule has 0 radical (unpaired) electrons. The number of anilines is 1. The van der Waals surface area contributed by atoms with E-state index in [1.807, 2.05) is 0 Å². The van der Waals surface area contributed by atoms with Gasteiger partial charge in [0.15, 0.2) is 0 Å². The van der Waals surface area contributed by atoms with E-state index in [0.29, 0.717) is 21.6 Å². The predicted molar refractivity (Wildman–Crippen MR) is 84.1 cm³/mol. The van der Waals surface area contributed by atoms with Crippen LogP contribution >= 0.6 is 50.9 Å². The molecule has 0 saturated carbocycles. The molecule has 20 heavy (non-hydrogen) atoms. The van der Waals surface area contributed by atoms with E-state index in [1.54, 1.807) is 12.1 Å². The lowest BCUT2D eigenvalue weighted by Gasteiger charge is -2.14. The van der Waals surface area contributed by atoms with Gasteiger partial charge in [0.05, 0.1) is 27.5 Å². The van der Waals surface area contributed by atoms with Crippen molar-refractivity contribution < 1.29 is 9.84 Å². The van der Waals surface area contributed by atoms with Gasteiger partial charge in [0, 0.05) is 11.0 Å². The van der Waals surface area contributed by atoms with Crippen molar-refractivity contribution in [1.29, 1.82) is 0 Å². The fraction of sp³-hybridized carbons (Fsp3) is 0.273. The fourth-order valence-electron chi connectivity index (χ4n) is 1.35. The molecule has 1 aromatic carbocycles. The zero-order chi connectivity index (χ0) is 14.5. The molecule has 0 saturated heterocycles. The third-order valence-corrected chi connectivity index (χ3v) is 4.56. The average molecular weight is 399 g/mol. The molecule has 108 valence electrons. The van der Waals surface area contributed by atoms with E-state index in [0.717, 1.165) is 16.2 Å². The maximum Gasteiger partial charge on any atom is 0.245 e. The molecule has 0 spiro atoms. The Morgan fingerprint density at radius 3 is 2.90 bits per heavy atom. The maximum absolute atomic E-state index is 9.81. The van der Waals surface area contributed by atoms with Crippen molar-refractivity contribution in [3.05, 3.63) is 32.8 Å². The van der Waals surface area contributed by atoms with Crippen LogP contribution in [-0.2, 0) is 0 Å². The van der Waals surface area contributed by atoms with Gasteiger partial charge in [-0.25, -0.2) is 0 Å². The normalized spacial score (nSPS) is 12.2. The minimum atomic E-state index is -0.713. The molecule has 0 fully saturated rings. The first-order valence-corrected chi connectivity index (χ1v) is 7.81. The van der Waals surface area contributed by atoms with Crippen molar-refractivity contribution in [3.63, 3.8) is 0 Å². The lowest BCUT2D eigenvalue weighted by atomic mass is 10.3. The monoisotopic (exact) mass is 397 g/mol. The number of nitrogens with one attached hydrogen (secondary N) is 1. The van der Waals surface area contributed by atoms with Gasteiger partial charge >= 0.3 is 0 Å². The fourth-order valence-corrected chi connectivity index (χ4v) is 2.56. The molecule has 1 heterocycles. The predicted octanol–water partition coefficient (Wildman–Crippen LogP) is 3.46. The van der Waals surface area contributed by atoms with Gasteiger partial charge in [-0.15, -0.1) is 4.37 Å². The number of rotatable bonds is 6. The van der Waals surface area contributed by atoms with E-state index in [2.05, 4.69) is 30.0 Å². The van der Waals surface area contributed by atoms with E-state index in [9.17, 15) is 5.11 Å². The highest BCUT2D eigenvalue weighted by Gasteiger charge is 2.11. The average Bonchev–Trinajstić information content (AvgIpc) is 2.95. The number of aliphatic hydroxyl groups excluding tert-OH is 1. The first-order chi connectivity index (χ1) is 9.58. The molecule has 1 aromatic heterocycles. The van der Waals surface area contributed by atoms with Crippen molar-refractivity contribution in [3.8, 4) is 5.88 Å². The Balaban J connectivity index is 1.84. The number of aliphatic hydroxyl groups is 1. The Hall–Kier alpha value is -0.600. The van der Waals surface area contributed by atoms with Crippen molar-refractivity contribution in [2.75, 3.05) is 18.5 Å². The molecule has 0 aliphatic heterocycles. The molecule has 0 aliphatic carbocycles. The highest BCUT2D eigenvalue weighted by Crippen LogP contribution is 2.35. The number of hydrogen-bond acceptors (Lipinski definition) is 6. The van der Waals surface area contributed by atoms with Gasteiger partial charge in [-0.1, -0.05) is 23.2 Å². The van der Waals surface area contributed by atoms with Gasteiger partial charge < -0.3 is 15.2 Å². The smallest absolute Gasteiger partial charge is 0.245 e. The summed E-state index contributed by atoms with van der Waals surface area (Å²) in [7, 11) is 0. The summed E-state index contributed by atoms with van der Waals surface area (Å²) in [5, 5.41) is 13.6. The van der Waals surface area contributed by atoms with Crippen LogP contribution in [0.5, 0.6) is 5.88 Å². The molecule has 0 bridgehead atoms. The van der Waals surface area contributed by atoms with Crippen LogP contribution in [0.15, 0.2) is 22.8 Å². The van der Waals surface area contributed by atoms with Gasteiger partial charge in [0.2, 0.25) is 5.88 Å². The maximum atomic E-state index is 9.81. The molecule has 0 aliphatic rings. The quantitative estimate of drug-likeness (QED) is 0.729. The third-order valence-electron chi connectivity index (χ3n) is 2.33. The number of benzene rings is 1. The zero-order valence-electron chi connectivity index (χ0n) is 10.0. The number of hydrogen-bond donors (Lipinski definition) is 2. The van der Waals surface area contributed by atoms with Crippen LogP contribution in [0.3, 0.4) is 0 Å². The Morgan fingerprint density at radius 2 is 2.20 bits per heavy atom. The van der Waals surface area contributed by atoms with Crippen molar-refractivity contribution in [2.24, 2.45) is 0 Å². The van der Waals surface area contributed by atoms with Crippen LogP contribution in [-0.4, -0.2) is 33.1 Å². The first-order valence-electron chi connectivity index (χ1n) is 5.53. The summed E-state index contributed by atoms with van der Waals surface area (Å²) in [5.74, 6) is 0.402. The van der Waals surface area contributed by atoms with Crippen LogP contribution in [0, 0.1) is 0 Å². The van der Waals surface area contributed by atoms with E-state index >= 15 is 0 Å². The molecule has 5 nitrogen and oxygen atoms in total. The highest BCUT2D eigenvalue weighted by molar-refractivity contribution is 9.10. The van der Waals surface area contributed by atoms with Crippen LogP contribution in [0.1, 0.15) is 0 Å². The lowest BCUT2D eigenvalue weighted by Crippen LogP contribution is -2.26. The summed E-state index contributed by atoms with van der Waals surface area (Å²) in [4.78, 5) is 0. The standard InChI is InChI=1S/C11H10BrCl2N3O2S/c12-7-1-2-8(11(14)10(7)13)15-3-6(18)5-19-9-4-16-20-17-9/h1-2,4,6,15,18H,3,5H2. The number of aromatic nitrogens is 2. The van der Waals surface area contributed by atoms with E-state index in [1.165, 1.54) is 6.20 Å². The van der Waals surface area contributed by atoms with Gasteiger partial charge in [0.1, 0.15) is 18.9 Å². The van der Waals surface area contributed by atoms with E-state index < -0.39 is 6.10 Å². The minimum absolute atomic E-state index is 0.111. The van der Waals surface area contributed by atoms with Crippen molar-refractivity contribution >= 4 is 56.5 Å². The molecule has 2 aromatic rings. The van der Waals surface area contributed by atoms with Crippen molar-refractivity contribution in [2.45, 2.75) is 6.10 Å². The van der Waals surface area contributed by atoms with Crippen LogP contribution in [0.4, 0.5) is 5.69 Å². The zero-order valence-corrected chi connectivity index (χ0v) is 13.9. The van der Waals surface area contributed by atoms with Gasteiger partial charge in [0.25, 0.3) is 0 Å². The van der Waals surface area contributed by atoms with Gasteiger partial charge in [-0.2, -0.15) is 4.37 Å². The molecule has 1 atom stereocenters. The molecular formula is C11H10BrCl2N3O2S. The molecule has 0 amide bonds. The lowest BCUT2D eigenvalue weighted by molar-refractivity contribution is 0.115. The molecular weight excluding hydrogens is 389 g/mol. The van der Waals surface area contributed by atoms with Crippen LogP contribution in [0.2, 0.25) is 10.0 Å². The Bertz CT molecular complexity index is 571. The minimum Gasteiger partial charge on any atom is -0.473 e. The second kappa shape index (κ2) is 7.42. The summed E-state index contributed by atoms with van der Waals surface area (Å²) in [5.41, 5.74) is 0.647.